The number of fused-ring (bicyclic) bond motifs is 1. The fourth-order valence-electron chi connectivity index (χ4n) is 3.15. The van der Waals surface area contributed by atoms with E-state index in [-0.39, 0.29) is 11.9 Å². The molecule has 0 saturated carbocycles. The minimum absolute atomic E-state index is 0.141. The number of carbonyl (C=O) groups excluding carboxylic acids is 1. The Balaban J connectivity index is 1.75. The molecular weight excluding hydrogens is 374 g/mol. The fraction of sp³-hybridized carbons (Fsp3) is 0.300. The molecule has 0 spiro atoms. The van der Waals surface area contributed by atoms with Gasteiger partial charge in [0, 0.05) is 18.2 Å². The van der Waals surface area contributed by atoms with Gasteiger partial charge >= 0.3 is 0 Å². The number of aryl methyl sites for hydroxylation is 2. The Kier molecular flexibility index (Phi) is 4.72. The lowest BCUT2D eigenvalue weighted by Gasteiger charge is -2.10. The van der Waals surface area contributed by atoms with E-state index in [1.807, 2.05) is 56.0 Å². The van der Waals surface area contributed by atoms with E-state index in [4.69, 9.17) is 9.51 Å². The second-order valence-electron chi connectivity index (χ2n) is 6.94. The molecular formula is C20H21N5O2S. The Morgan fingerprint density at radius 1 is 1.36 bits per heavy atom. The average molecular weight is 395 g/mol. The lowest BCUT2D eigenvalue weighted by molar-refractivity contribution is 0.0952. The zero-order valence-electron chi connectivity index (χ0n) is 16.2. The third-order valence-electron chi connectivity index (χ3n) is 4.68. The van der Waals surface area contributed by atoms with Crippen molar-refractivity contribution < 1.29 is 9.32 Å². The Morgan fingerprint density at radius 2 is 2.18 bits per heavy atom. The van der Waals surface area contributed by atoms with Gasteiger partial charge in [0.25, 0.3) is 5.91 Å². The van der Waals surface area contributed by atoms with Crippen molar-refractivity contribution in [3.05, 3.63) is 52.4 Å². The molecule has 1 amide bonds. The van der Waals surface area contributed by atoms with Crippen molar-refractivity contribution in [1.82, 2.24) is 25.2 Å². The summed E-state index contributed by atoms with van der Waals surface area (Å²) in [6, 6.07) is 5.95. The van der Waals surface area contributed by atoms with Crippen LogP contribution in [0.2, 0.25) is 0 Å². The number of pyridine rings is 1. The van der Waals surface area contributed by atoms with Crippen LogP contribution in [0.25, 0.3) is 21.6 Å². The van der Waals surface area contributed by atoms with Crippen molar-refractivity contribution in [3.63, 3.8) is 0 Å². The molecule has 28 heavy (non-hydrogen) atoms. The van der Waals surface area contributed by atoms with E-state index >= 15 is 0 Å². The van der Waals surface area contributed by atoms with E-state index in [1.165, 1.54) is 0 Å². The maximum absolute atomic E-state index is 13.1. The highest BCUT2D eigenvalue weighted by molar-refractivity contribution is 7.13. The maximum atomic E-state index is 13.1. The van der Waals surface area contributed by atoms with E-state index < -0.39 is 0 Å². The number of nitrogens with one attached hydrogen (secondary N) is 1. The van der Waals surface area contributed by atoms with Crippen LogP contribution < -0.4 is 5.32 Å². The van der Waals surface area contributed by atoms with Crippen LogP contribution in [0.1, 0.15) is 47.3 Å². The van der Waals surface area contributed by atoms with Crippen LogP contribution in [0, 0.1) is 13.8 Å². The molecule has 0 fully saturated rings. The summed E-state index contributed by atoms with van der Waals surface area (Å²) in [6.45, 7) is 8.15. The summed E-state index contributed by atoms with van der Waals surface area (Å²) in [5.41, 5.74) is 3.72. The van der Waals surface area contributed by atoms with Crippen molar-refractivity contribution in [2.24, 2.45) is 0 Å². The zero-order chi connectivity index (χ0) is 19.8. The van der Waals surface area contributed by atoms with Gasteiger partial charge in [-0.05, 0) is 45.2 Å². The van der Waals surface area contributed by atoms with Gasteiger partial charge in [-0.15, -0.1) is 11.3 Å². The molecule has 1 N–H and O–H groups in total. The molecule has 0 aromatic carbocycles. The molecule has 0 saturated heterocycles. The van der Waals surface area contributed by atoms with Gasteiger partial charge in [-0.1, -0.05) is 11.2 Å². The summed E-state index contributed by atoms with van der Waals surface area (Å²) in [5.74, 6) is 0.540. The Hall–Kier alpha value is -3.00. The molecule has 0 radical (unpaired) electrons. The van der Waals surface area contributed by atoms with Gasteiger partial charge in [-0.3, -0.25) is 4.79 Å². The number of aromatic nitrogens is 4. The van der Waals surface area contributed by atoms with E-state index in [0.29, 0.717) is 23.5 Å². The zero-order valence-corrected chi connectivity index (χ0v) is 17.0. The normalized spacial score (nSPS) is 11.5. The van der Waals surface area contributed by atoms with Crippen LogP contribution in [0.3, 0.4) is 0 Å². The minimum atomic E-state index is -0.173. The largest absolute Gasteiger partial charge is 0.361 e. The van der Waals surface area contributed by atoms with Gasteiger partial charge in [-0.2, -0.15) is 5.10 Å². The lowest BCUT2D eigenvalue weighted by atomic mass is 10.1. The summed E-state index contributed by atoms with van der Waals surface area (Å²) < 4.78 is 7.02. The van der Waals surface area contributed by atoms with Gasteiger partial charge < -0.3 is 9.84 Å². The SMILES string of the molecule is Cc1noc(C)c1CNC(=O)c1cc(-c2cccs2)nc2c1cnn2C(C)C. The fourth-order valence-corrected chi connectivity index (χ4v) is 3.84. The Morgan fingerprint density at radius 3 is 2.82 bits per heavy atom. The van der Waals surface area contributed by atoms with Gasteiger partial charge in [0.1, 0.15) is 5.76 Å². The van der Waals surface area contributed by atoms with Crippen LogP contribution >= 0.6 is 11.3 Å². The summed E-state index contributed by atoms with van der Waals surface area (Å²) >= 11 is 1.59. The van der Waals surface area contributed by atoms with Gasteiger partial charge in [0.15, 0.2) is 5.65 Å². The predicted molar refractivity (Wildman–Crippen MR) is 108 cm³/mol. The van der Waals surface area contributed by atoms with Crippen molar-refractivity contribution in [3.8, 4) is 10.6 Å². The van der Waals surface area contributed by atoms with Crippen molar-refractivity contribution in [1.29, 1.82) is 0 Å². The third kappa shape index (κ3) is 3.20. The number of carbonyl (C=O) groups is 1. The van der Waals surface area contributed by atoms with Gasteiger partial charge in [0.05, 0.1) is 33.4 Å². The topological polar surface area (TPSA) is 85.8 Å². The van der Waals surface area contributed by atoms with Crippen molar-refractivity contribution in [2.45, 2.75) is 40.3 Å². The van der Waals surface area contributed by atoms with E-state index in [2.05, 4.69) is 15.6 Å². The smallest absolute Gasteiger partial charge is 0.252 e. The monoisotopic (exact) mass is 395 g/mol. The van der Waals surface area contributed by atoms with E-state index in [0.717, 1.165) is 27.2 Å². The van der Waals surface area contributed by atoms with E-state index in [9.17, 15) is 4.79 Å². The summed E-state index contributed by atoms with van der Waals surface area (Å²) in [5, 5.41) is 14.1. The molecule has 0 aliphatic rings. The highest BCUT2D eigenvalue weighted by Crippen LogP contribution is 2.29. The molecule has 0 bridgehead atoms. The first-order valence-electron chi connectivity index (χ1n) is 9.07. The Bertz CT molecular complexity index is 1120. The Labute approximate surface area is 166 Å². The average Bonchev–Trinajstić information content (AvgIpc) is 3.40. The second kappa shape index (κ2) is 7.20. The maximum Gasteiger partial charge on any atom is 0.252 e. The third-order valence-corrected chi connectivity index (χ3v) is 5.57. The predicted octanol–water partition coefficient (Wildman–Crippen LogP) is 4.28. The first kappa shape index (κ1) is 18.4. The first-order chi connectivity index (χ1) is 13.5. The van der Waals surface area contributed by atoms with Crippen molar-refractivity contribution >= 4 is 28.3 Å². The molecule has 4 aromatic heterocycles. The molecule has 4 aromatic rings. The molecule has 0 aliphatic carbocycles. The van der Waals surface area contributed by atoms with Crippen LogP contribution in [0.5, 0.6) is 0 Å². The molecule has 0 atom stereocenters. The van der Waals surface area contributed by atoms with Gasteiger partial charge in [0.2, 0.25) is 0 Å². The number of hydrogen-bond acceptors (Lipinski definition) is 6. The molecule has 7 nitrogen and oxygen atoms in total. The highest BCUT2D eigenvalue weighted by Gasteiger charge is 2.19. The van der Waals surface area contributed by atoms with Crippen LogP contribution in [-0.2, 0) is 6.54 Å². The minimum Gasteiger partial charge on any atom is -0.361 e. The summed E-state index contributed by atoms with van der Waals surface area (Å²) in [7, 11) is 0. The molecule has 8 heteroatoms. The van der Waals surface area contributed by atoms with E-state index in [1.54, 1.807) is 17.5 Å². The van der Waals surface area contributed by atoms with Crippen LogP contribution in [-0.4, -0.2) is 25.8 Å². The number of amides is 1. The molecule has 0 aliphatic heterocycles. The van der Waals surface area contributed by atoms with Crippen LogP contribution in [0.15, 0.2) is 34.3 Å². The number of rotatable bonds is 5. The quantitative estimate of drug-likeness (QED) is 0.545. The number of thiophene rings is 1. The number of nitrogens with zero attached hydrogens (tertiary/aromatic N) is 4. The van der Waals surface area contributed by atoms with Gasteiger partial charge in [-0.25, -0.2) is 9.67 Å². The van der Waals surface area contributed by atoms with Crippen molar-refractivity contribution in [2.75, 3.05) is 0 Å². The molecule has 144 valence electrons. The lowest BCUT2D eigenvalue weighted by Crippen LogP contribution is -2.23. The molecule has 4 rings (SSSR count). The summed E-state index contributed by atoms with van der Waals surface area (Å²) in [6.07, 6.45) is 1.71. The molecule has 0 unspecified atom stereocenters. The number of hydrogen-bond donors (Lipinski definition) is 1. The standard InChI is InChI=1S/C20H21N5O2S/c1-11(2)25-19-16(10-22-25)14(8-17(23-19)18-6-5-7-28-18)20(26)21-9-15-12(3)24-27-13(15)4/h5-8,10-11H,9H2,1-4H3,(H,21,26). The van der Waals surface area contributed by atoms with Crippen LogP contribution in [0.4, 0.5) is 0 Å². The molecule has 4 heterocycles. The first-order valence-corrected chi connectivity index (χ1v) is 9.95. The highest BCUT2D eigenvalue weighted by atomic mass is 32.1. The summed E-state index contributed by atoms with van der Waals surface area (Å²) in [4.78, 5) is 18.9. The second-order valence-corrected chi connectivity index (χ2v) is 7.89.